The number of allylic oxidation sites excluding steroid dienone is 2. The summed E-state index contributed by atoms with van der Waals surface area (Å²) >= 11 is 0. The van der Waals surface area contributed by atoms with Crippen molar-refractivity contribution < 1.29 is 9.59 Å². The normalized spacial score (nSPS) is 8.55. The van der Waals surface area contributed by atoms with Gasteiger partial charge in [-0.25, -0.2) is 4.79 Å². The van der Waals surface area contributed by atoms with Gasteiger partial charge in [0.25, 0.3) is 0 Å². The molecule has 11 heavy (non-hydrogen) atoms. The molecule has 0 aromatic carbocycles. The van der Waals surface area contributed by atoms with Crippen molar-refractivity contribution >= 4 is 11.7 Å². The van der Waals surface area contributed by atoms with Gasteiger partial charge in [-0.3, -0.25) is 4.79 Å². The van der Waals surface area contributed by atoms with Crippen LogP contribution in [0.25, 0.3) is 0 Å². The third-order valence-electron chi connectivity index (χ3n) is 1.48. The molecule has 0 saturated carbocycles. The molecular weight excluding hydrogens is 140 g/mol. The van der Waals surface area contributed by atoms with Crippen molar-refractivity contribution in [2.75, 3.05) is 0 Å². The monoisotopic (exact) mass is 152 g/mol. The van der Waals surface area contributed by atoms with Crippen molar-refractivity contribution in [1.82, 2.24) is 0 Å². The molecule has 0 bridgehead atoms. The molecule has 2 nitrogen and oxygen atoms in total. The predicted octanol–water partition coefficient (Wildman–Crippen LogP) is 1.69. The SMILES string of the molecule is C=C(CC)C(=C=O)C(=O)CC. The molecule has 0 aliphatic rings. The summed E-state index contributed by atoms with van der Waals surface area (Å²) in [5.41, 5.74) is 0.696. The first kappa shape index (κ1) is 9.86. The number of hydrogen-bond acceptors (Lipinski definition) is 2. The summed E-state index contributed by atoms with van der Waals surface area (Å²) in [4.78, 5) is 21.2. The van der Waals surface area contributed by atoms with E-state index in [1.165, 1.54) is 0 Å². The van der Waals surface area contributed by atoms with E-state index in [1.54, 1.807) is 12.9 Å². The molecule has 0 N–H and O–H groups in total. The Morgan fingerprint density at radius 1 is 1.36 bits per heavy atom. The molecule has 0 spiro atoms. The Kier molecular flexibility index (Phi) is 4.16. The van der Waals surface area contributed by atoms with Gasteiger partial charge in [0.1, 0.15) is 11.5 Å². The van der Waals surface area contributed by atoms with E-state index in [9.17, 15) is 9.59 Å². The Balaban J connectivity index is 4.57. The number of carbonyl (C=O) groups is 1. The number of ketones is 1. The summed E-state index contributed by atoms with van der Waals surface area (Å²) in [7, 11) is 0. The van der Waals surface area contributed by atoms with Gasteiger partial charge in [0.05, 0.1) is 0 Å². The first-order valence-corrected chi connectivity index (χ1v) is 3.63. The molecule has 0 saturated heterocycles. The Bertz CT molecular complexity index is 202. The Morgan fingerprint density at radius 3 is 2.18 bits per heavy atom. The second kappa shape index (κ2) is 4.64. The van der Waals surface area contributed by atoms with Crippen molar-refractivity contribution in [3.8, 4) is 0 Å². The lowest BCUT2D eigenvalue weighted by atomic mass is 10.0. The maximum absolute atomic E-state index is 11.0. The van der Waals surface area contributed by atoms with Crippen molar-refractivity contribution in [2.45, 2.75) is 26.7 Å². The van der Waals surface area contributed by atoms with Crippen LogP contribution in [0.4, 0.5) is 0 Å². The second-order valence-electron chi connectivity index (χ2n) is 2.21. The van der Waals surface area contributed by atoms with Gasteiger partial charge in [0.2, 0.25) is 0 Å². The molecule has 0 radical (unpaired) electrons. The van der Waals surface area contributed by atoms with Gasteiger partial charge in [-0.05, 0) is 12.0 Å². The first-order valence-electron chi connectivity index (χ1n) is 3.63. The highest BCUT2D eigenvalue weighted by Gasteiger charge is 2.09. The molecule has 0 rings (SSSR count). The van der Waals surface area contributed by atoms with Crippen LogP contribution in [0.1, 0.15) is 26.7 Å². The number of rotatable bonds is 4. The van der Waals surface area contributed by atoms with Crippen molar-refractivity contribution in [1.29, 1.82) is 0 Å². The van der Waals surface area contributed by atoms with Gasteiger partial charge in [-0.1, -0.05) is 20.4 Å². The van der Waals surface area contributed by atoms with Gasteiger partial charge in [0.15, 0.2) is 5.78 Å². The molecule has 0 aliphatic heterocycles. The van der Waals surface area contributed by atoms with Gasteiger partial charge in [-0.15, -0.1) is 0 Å². The molecule has 0 atom stereocenters. The van der Waals surface area contributed by atoms with Crippen LogP contribution in [-0.2, 0) is 9.59 Å². The highest BCUT2D eigenvalue weighted by molar-refractivity contribution is 6.06. The molecule has 0 amide bonds. The van der Waals surface area contributed by atoms with E-state index in [4.69, 9.17) is 0 Å². The zero-order valence-corrected chi connectivity index (χ0v) is 6.94. The Hall–Kier alpha value is -1.14. The largest absolute Gasteiger partial charge is 0.293 e. The summed E-state index contributed by atoms with van der Waals surface area (Å²) in [6, 6.07) is 0. The Morgan fingerprint density at radius 2 is 1.91 bits per heavy atom. The van der Waals surface area contributed by atoms with Crippen molar-refractivity contribution in [3.63, 3.8) is 0 Å². The minimum Gasteiger partial charge on any atom is -0.293 e. The average molecular weight is 152 g/mol. The smallest absolute Gasteiger partial charge is 0.173 e. The molecule has 0 heterocycles. The fourth-order valence-corrected chi connectivity index (χ4v) is 0.680. The van der Waals surface area contributed by atoms with Crippen LogP contribution in [0.3, 0.4) is 0 Å². The summed E-state index contributed by atoms with van der Waals surface area (Å²) in [5, 5.41) is 0. The highest BCUT2D eigenvalue weighted by Crippen LogP contribution is 2.10. The lowest BCUT2D eigenvalue weighted by Crippen LogP contribution is -2.03. The first-order chi connectivity index (χ1) is 5.17. The standard InChI is InChI=1S/C9H12O2/c1-4-7(3)8(6-10)9(11)5-2/h3-5H2,1-2H3. The zero-order valence-electron chi connectivity index (χ0n) is 6.94. The molecule has 60 valence electrons. The van der Waals surface area contributed by atoms with Gasteiger partial charge < -0.3 is 0 Å². The summed E-state index contributed by atoms with van der Waals surface area (Å²) < 4.78 is 0. The van der Waals surface area contributed by atoms with E-state index in [2.05, 4.69) is 6.58 Å². The minimum absolute atomic E-state index is 0.120. The molecule has 0 unspecified atom stereocenters. The van der Waals surface area contributed by atoms with Crippen LogP contribution in [0.5, 0.6) is 0 Å². The average Bonchev–Trinajstić information content (AvgIpc) is 2.05. The topological polar surface area (TPSA) is 34.1 Å². The van der Waals surface area contributed by atoms with E-state index in [1.807, 2.05) is 6.92 Å². The lowest BCUT2D eigenvalue weighted by Gasteiger charge is -1.99. The van der Waals surface area contributed by atoms with E-state index >= 15 is 0 Å². The second-order valence-corrected chi connectivity index (χ2v) is 2.21. The number of carbonyl (C=O) groups excluding carboxylic acids is 2. The molecule has 0 aromatic rings. The number of Topliss-reactive ketones (excluding diaryl/α,β-unsaturated/α-hetero) is 1. The Labute approximate surface area is 66.6 Å². The van der Waals surface area contributed by atoms with E-state index in [0.717, 1.165) is 0 Å². The lowest BCUT2D eigenvalue weighted by molar-refractivity contribution is -0.114. The van der Waals surface area contributed by atoms with Crippen LogP contribution < -0.4 is 0 Å². The maximum Gasteiger partial charge on any atom is 0.173 e. The van der Waals surface area contributed by atoms with E-state index < -0.39 is 0 Å². The summed E-state index contributed by atoms with van der Waals surface area (Å²) in [5.74, 6) is 1.45. The van der Waals surface area contributed by atoms with Gasteiger partial charge in [0, 0.05) is 6.42 Å². The third-order valence-corrected chi connectivity index (χ3v) is 1.48. The fraction of sp³-hybridized carbons (Fsp3) is 0.444. The summed E-state index contributed by atoms with van der Waals surface area (Å²) in [6.45, 7) is 7.15. The van der Waals surface area contributed by atoms with Gasteiger partial charge in [-0.2, -0.15) is 0 Å². The van der Waals surface area contributed by atoms with Crippen LogP contribution in [0, 0.1) is 0 Å². The van der Waals surface area contributed by atoms with Crippen molar-refractivity contribution in [3.05, 3.63) is 17.7 Å². The third kappa shape index (κ3) is 2.52. The molecule has 2 heteroatoms. The maximum atomic E-state index is 11.0. The van der Waals surface area contributed by atoms with Crippen LogP contribution >= 0.6 is 0 Å². The van der Waals surface area contributed by atoms with Crippen molar-refractivity contribution in [2.24, 2.45) is 0 Å². The van der Waals surface area contributed by atoms with Crippen LogP contribution in [-0.4, -0.2) is 11.7 Å². The minimum atomic E-state index is -0.174. The number of hydrogen-bond donors (Lipinski definition) is 0. The summed E-state index contributed by atoms with van der Waals surface area (Å²) in [6.07, 6.45) is 0.958. The molecule has 0 aromatic heterocycles. The van der Waals surface area contributed by atoms with Crippen LogP contribution in [0.15, 0.2) is 17.7 Å². The quantitative estimate of drug-likeness (QED) is 0.349. The highest BCUT2D eigenvalue weighted by atomic mass is 16.1. The van der Waals surface area contributed by atoms with Gasteiger partial charge >= 0.3 is 0 Å². The molecule has 0 aliphatic carbocycles. The fourth-order valence-electron chi connectivity index (χ4n) is 0.680. The molecular formula is C9H12O2. The molecule has 0 fully saturated rings. The van der Waals surface area contributed by atoms with E-state index in [0.29, 0.717) is 18.4 Å². The van der Waals surface area contributed by atoms with Crippen LogP contribution in [0.2, 0.25) is 0 Å². The van der Waals surface area contributed by atoms with E-state index in [-0.39, 0.29) is 11.4 Å². The zero-order chi connectivity index (χ0) is 8.85. The predicted molar refractivity (Wildman–Crippen MR) is 43.9 cm³/mol.